The molecule has 2 heterocycles. The number of thiophene rings is 1. The van der Waals surface area contributed by atoms with Crippen molar-refractivity contribution in [3.63, 3.8) is 0 Å². The number of halogens is 2. The second-order valence-corrected chi connectivity index (χ2v) is 8.75. The van der Waals surface area contributed by atoms with Crippen molar-refractivity contribution in [1.82, 2.24) is 4.98 Å². The van der Waals surface area contributed by atoms with E-state index in [2.05, 4.69) is 20.9 Å². The fraction of sp³-hybridized carbons (Fsp3) is 0.188. The van der Waals surface area contributed by atoms with Crippen molar-refractivity contribution in [3.05, 3.63) is 44.3 Å². The Morgan fingerprint density at radius 2 is 2.21 bits per heavy atom. The number of rotatable bonds is 4. The van der Waals surface area contributed by atoms with Crippen LogP contribution in [-0.2, 0) is 21.3 Å². The predicted octanol–water partition coefficient (Wildman–Crippen LogP) is 4.98. The monoisotopic (exact) mass is 445 g/mol. The Labute approximate surface area is 158 Å². The molecule has 0 bridgehead atoms. The van der Waals surface area contributed by atoms with Crippen molar-refractivity contribution in [2.45, 2.75) is 5.75 Å². The molecule has 3 aromatic rings. The lowest BCUT2D eigenvalue weighted by Gasteiger charge is -2.07. The number of aromatic amines is 1. The van der Waals surface area contributed by atoms with E-state index in [4.69, 9.17) is 16.3 Å². The summed E-state index contributed by atoms with van der Waals surface area (Å²) in [7, 11) is 0.379. The highest BCUT2D eigenvalue weighted by Crippen LogP contribution is 2.41. The summed E-state index contributed by atoms with van der Waals surface area (Å²) in [5, 5.41) is 2.49. The molecule has 1 N–H and O–H groups in total. The molecule has 0 saturated carbocycles. The van der Waals surface area contributed by atoms with Gasteiger partial charge in [-0.3, -0.25) is 4.21 Å². The number of hydrogen-bond acceptors (Lipinski definition) is 4. The van der Waals surface area contributed by atoms with E-state index in [1.165, 1.54) is 18.4 Å². The predicted molar refractivity (Wildman–Crippen MR) is 103 cm³/mol. The van der Waals surface area contributed by atoms with Gasteiger partial charge in [-0.1, -0.05) is 23.7 Å². The van der Waals surface area contributed by atoms with Crippen LogP contribution in [0.2, 0.25) is 5.02 Å². The third-order valence-electron chi connectivity index (χ3n) is 3.56. The average molecular weight is 447 g/mol. The molecule has 0 saturated heterocycles. The number of esters is 1. The van der Waals surface area contributed by atoms with Crippen LogP contribution in [0, 0.1) is 0 Å². The van der Waals surface area contributed by atoms with Crippen molar-refractivity contribution in [2.75, 3.05) is 13.4 Å². The number of carbonyl (C=O) groups excluding carboxylic acids is 1. The van der Waals surface area contributed by atoms with E-state index in [1.54, 1.807) is 12.3 Å². The van der Waals surface area contributed by atoms with Crippen LogP contribution in [0.5, 0.6) is 0 Å². The standard InChI is InChI=1S/C16H13BrClNO3S2/c1-22-16(20)14-12(15-13(19-14)10(17)6-23-15)8-3-4-9(7-24(2)21)11(18)5-8/h3-6,19H,7H2,1-2H3. The van der Waals surface area contributed by atoms with Gasteiger partial charge in [0.05, 0.1) is 21.8 Å². The highest BCUT2D eigenvalue weighted by atomic mass is 79.9. The number of aromatic nitrogens is 1. The van der Waals surface area contributed by atoms with E-state index in [9.17, 15) is 9.00 Å². The quantitative estimate of drug-likeness (QED) is 0.575. The van der Waals surface area contributed by atoms with Gasteiger partial charge in [0.15, 0.2) is 0 Å². The molecule has 0 fully saturated rings. The van der Waals surface area contributed by atoms with Gasteiger partial charge in [0, 0.05) is 38.8 Å². The third-order valence-corrected chi connectivity index (χ3v) is 6.56. The van der Waals surface area contributed by atoms with Crippen LogP contribution in [0.15, 0.2) is 28.1 Å². The topological polar surface area (TPSA) is 59.2 Å². The maximum Gasteiger partial charge on any atom is 0.355 e. The summed E-state index contributed by atoms with van der Waals surface area (Å²) in [5.41, 5.74) is 3.64. The normalized spacial score (nSPS) is 12.5. The van der Waals surface area contributed by atoms with Gasteiger partial charge < -0.3 is 9.72 Å². The van der Waals surface area contributed by atoms with Gasteiger partial charge in [-0.05, 0) is 33.1 Å². The van der Waals surface area contributed by atoms with Crippen LogP contribution in [0.1, 0.15) is 16.1 Å². The molecule has 126 valence electrons. The van der Waals surface area contributed by atoms with Crippen LogP contribution < -0.4 is 0 Å². The number of H-pyrrole nitrogens is 1. The summed E-state index contributed by atoms with van der Waals surface area (Å²) in [6.45, 7) is 0. The van der Waals surface area contributed by atoms with Crippen LogP contribution in [0.25, 0.3) is 21.3 Å². The Hall–Kier alpha value is -1.15. The van der Waals surface area contributed by atoms with Gasteiger partial charge in [0.25, 0.3) is 0 Å². The van der Waals surface area contributed by atoms with Gasteiger partial charge in [-0.25, -0.2) is 4.79 Å². The molecule has 1 unspecified atom stereocenters. The third kappa shape index (κ3) is 3.18. The molecule has 0 radical (unpaired) electrons. The summed E-state index contributed by atoms with van der Waals surface area (Å²) in [5.74, 6) is -0.0362. The average Bonchev–Trinajstić information content (AvgIpc) is 3.08. The van der Waals surface area contributed by atoms with E-state index in [-0.39, 0.29) is 0 Å². The van der Waals surface area contributed by atoms with Gasteiger partial charge in [-0.2, -0.15) is 0 Å². The summed E-state index contributed by atoms with van der Waals surface area (Å²) >= 11 is 11.4. The van der Waals surface area contributed by atoms with Crippen LogP contribution in [-0.4, -0.2) is 28.5 Å². The van der Waals surface area contributed by atoms with E-state index >= 15 is 0 Å². The van der Waals surface area contributed by atoms with Crippen molar-refractivity contribution in [3.8, 4) is 11.1 Å². The number of nitrogens with one attached hydrogen (secondary N) is 1. The highest BCUT2D eigenvalue weighted by Gasteiger charge is 2.22. The van der Waals surface area contributed by atoms with E-state index in [0.717, 1.165) is 31.4 Å². The Morgan fingerprint density at radius 1 is 1.46 bits per heavy atom. The zero-order chi connectivity index (χ0) is 17.4. The lowest BCUT2D eigenvalue weighted by molar-refractivity contribution is 0.0596. The van der Waals surface area contributed by atoms with E-state index < -0.39 is 16.8 Å². The van der Waals surface area contributed by atoms with Crippen LogP contribution in [0.4, 0.5) is 0 Å². The summed E-state index contributed by atoms with van der Waals surface area (Å²) in [6.07, 6.45) is 1.64. The van der Waals surface area contributed by atoms with Crippen molar-refractivity contribution in [2.24, 2.45) is 0 Å². The summed E-state index contributed by atoms with van der Waals surface area (Å²) < 4.78 is 18.2. The summed E-state index contributed by atoms with van der Waals surface area (Å²) in [4.78, 5) is 15.3. The van der Waals surface area contributed by atoms with E-state index in [1.807, 2.05) is 17.5 Å². The first kappa shape index (κ1) is 17.7. The number of carbonyl (C=O) groups is 1. The molecule has 1 aromatic carbocycles. The van der Waals surface area contributed by atoms with Gasteiger partial charge in [-0.15, -0.1) is 11.3 Å². The molecule has 0 aliphatic heterocycles. The van der Waals surface area contributed by atoms with Crippen LogP contribution in [0.3, 0.4) is 0 Å². The summed E-state index contributed by atoms with van der Waals surface area (Å²) in [6, 6.07) is 5.53. The maximum absolute atomic E-state index is 12.1. The first-order valence-electron chi connectivity index (χ1n) is 6.88. The van der Waals surface area contributed by atoms with Crippen molar-refractivity contribution in [1.29, 1.82) is 0 Å². The lowest BCUT2D eigenvalue weighted by atomic mass is 10.0. The molecule has 2 aromatic heterocycles. The van der Waals surface area contributed by atoms with Crippen molar-refractivity contribution >= 4 is 65.9 Å². The van der Waals surface area contributed by atoms with Crippen molar-refractivity contribution < 1.29 is 13.7 Å². The fourth-order valence-corrected chi connectivity index (χ4v) is 5.19. The maximum atomic E-state index is 12.1. The Morgan fingerprint density at radius 3 is 2.83 bits per heavy atom. The largest absolute Gasteiger partial charge is 0.464 e. The molecular weight excluding hydrogens is 434 g/mol. The second kappa shape index (κ2) is 7.00. The molecule has 4 nitrogen and oxygen atoms in total. The smallest absolute Gasteiger partial charge is 0.355 e. The molecular formula is C16H13BrClNO3S2. The Kier molecular flexibility index (Phi) is 5.15. The molecule has 0 aliphatic rings. The lowest BCUT2D eigenvalue weighted by Crippen LogP contribution is -2.03. The first-order valence-corrected chi connectivity index (χ1v) is 10.7. The number of methoxy groups -OCH3 is 1. The number of ether oxygens (including phenoxy) is 1. The molecule has 3 rings (SSSR count). The zero-order valence-electron chi connectivity index (χ0n) is 12.8. The minimum Gasteiger partial charge on any atom is -0.464 e. The number of fused-ring (bicyclic) bond motifs is 1. The molecule has 8 heteroatoms. The minimum atomic E-state index is -0.971. The van der Waals surface area contributed by atoms with Gasteiger partial charge >= 0.3 is 5.97 Å². The Balaban J connectivity index is 2.19. The van der Waals surface area contributed by atoms with Gasteiger partial charge in [0.2, 0.25) is 0 Å². The molecule has 0 amide bonds. The minimum absolute atomic E-state index is 0.392. The highest BCUT2D eigenvalue weighted by molar-refractivity contribution is 9.10. The number of hydrogen-bond donors (Lipinski definition) is 1. The fourth-order valence-electron chi connectivity index (χ4n) is 2.51. The molecule has 24 heavy (non-hydrogen) atoms. The molecule has 0 aliphatic carbocycles. The Bertz CT molecular complexity index is 964. The number of benzene rings is 1. The zero-order valence-corrected chi connectivity index (χ0v) is 16.8. The first-order chi connectivity index (χ1) is 11.4. The SMILES string of the molecule is COC(=O)c1[nH]c2c(Br)csc2c1-c1ccc(CS(C)=O)c(Cl)c1. The second-order valence-electron chi connectivity index (χ2n) is 5.18. The molecule has 0 spiro atoms. The van der Waals surface area contributed by atoms with Crippen LogP contribution >= 0.6 is 38.9 Å². The molecule has 1 atom stereocenters. The van der Waals surface area contributed by atoms with E-state index in [0.29, 0.717) is 16.5 Å². The van der Waals surface area contributed by atoms with Gasteiger partial charge in [0.1, 0.15) is 5.69 Å².